The average Bonchev–Trinajstić information content (AvgIpc) is 2.37. The van der Waals surface area contributed by atoms with E-state index in [0.717, 1.165) is 0 Å². The number of rotatable bonds is 6. The molecule has 0 aromatic heterocycles. The number of hydrogen-bond acceptors (Lipinski definition) is 4. The molecule has 1 aromatic carbocycles. The Morgan fingerprint density at radius 1 is 1.35 bits per heavy atom. The van der Waals surface area contributed by atoms with E-state index in [-0.39, 0.29) is 24.2 Å². The number of aliphatic hydroxyl groups excluding tert-OH is 1. The first kappa shape index (κ1) is 16.6. The second kappa shape index (κ2) is 7.36. The first-order chi connectivity index (χ1) is 9.32. The fourth-order valence-corrected chi connectivity index (χ4v) is 1.79. The lowest BCUT2D eigenvalue weighted by Gasteiger charge is -2.26. The molecule has 2 atom stereocenters. The Morgan fingerprint density at radius 2 is 1.95 bits per heavy atom. The monoisotopic (exact) mass is 283 g/mol. The molecule has 0 bridgehead atoms. The Hall–Kier alpha value is -1.46. The van der Waals surface area contributed by atoms with Gasteiger partial charge in [-0.3, -0.25) is 9.69 Å². The number of ether oxygens (including phenoxy) is 1. The number of hydrogen-bond donors (Lipinski definition) is 1. The van der Waals surface area contributed by atoms with Crippen molar-refractivity contribution in [1.29, 1.82) is 0 Å². The van der Waals surface area contributed by atoms with Gasteiger partial charge in [-0.1, -0.05) is 18.2 Å². The fourth-order valence-electron chi connectivity index (χ4n) is 1.79. The summed E-state index contributed by atoms with van der Waals surface area (Å²) in [6, 6.07) is 5.56. The van der Waals surface area contributed by atoms with Gasteiger partial charge >= 0.3 is 5.97 Å². The van der Waals surface area contributed by atoms with Crippen molar-refractivity contribution in [2.45, 2.75) is 39.0 Å². The highest BCUT2D eigenvalue weighted by atomic mass is 19.1. The summed E-state index contributed by atoms with van der Waals surface area (Å²) in [5, 5.41) is 10.1. The lowest BCUT2D eigenvalue weighted by atomic mass is 10.1. The molecular weight excluding hydrogens is 261 g/mol. The van der Waals surface area contributed by atoms with Gasteiger partial charge < -0.3 is 9.84 Å². The van der Waals surface area contributed by atoms with E-state index in [1.165, 1.54) is 12.1 Å². The van der Waals surface area contributed by atoms with Crippen LogP contribution in [0.2, 0.25) is 0 Å². The van der Waals surface area contributed by atoms with Crippen molar-refractivity contribution < 1.29 is 19.0 Å². The molecule has 1 rings (SSSR count). The fraction of sp³-hybridized carbons (Fsp3) is 0.533. The van der Waals surface area contributed by atoms with E-state index in [9.17, 15) is 14.3 Å². The average molecular weight is 283 g/mol. The number of nitrogens with zero attached hydrogens (tertiary/aromatic N) is 1. The number of halogens is 1. The van der Waals surface area contributed by atoms with Crippen LogP contribution in [0, 0.1) is 5.82 Å². The topological polar surface area (TPSA) is 49.8 Å². The molecule has 1 aromatic rings. The number of likely N-dealkylation sites (N-methyl/N-ethyl adjacent to an activating group) is 1. The molecule has 0 saturated heterocycles. The standard InChI is InChI=1S/C15H22FNO3/c1-10(2)20-15(19)11(3)17(4)9-14(18)12-7-5-6-8-13(12)16/h5-8,10-11,14,18H,9H2,1-4H3. The predicted octanol–water partition coefficient (Wildman–Crippen LogP) is 2.13. The van der Waals surface area contributed by atoms with E-state index >= 15 is 0 Å². The molecule has 112 valence electrons. The summed E-state index contributed by atoms with van der Waals surface area (Å²) in [5.41, 5.74) is 0.226. The predicted molar refractivity (Wildman–Crippen MR) is 74.7 cm³/mol. The van der Waals surface area contributed by atoms with Gasteiger partial charge in [-0.2, -0.15) is 0 Å². The molecule has 0 aliphatic heterocycles. The zero-order chi connectivity index (χ0) is 15.3. The summed E-state index contributed by atoms with van der Waals surface area (Å²) >= 11 is 0. The lowest BCUT2D eigenvalue weighted by molar-refractivity contribution is -0.153. The number of aliphatic hydroxyl groups is 1. The highest BCUT2D eigenvalue weighted by molar-refractivity contribution is 5.75. The van der Waals surface area contributed by atoms with E-state index in [1.54, 1.807) is 44.9 Å². The maximum Gasteiger partial charge on any atom is 0.323 e. The molecule has 2 unspecified atom stereocenters. The second-order valence-electron chi connectivity index (χ2n) is 5.14. The first-order valence-electron chi connectivity index (χ1n) is 6.66. The van der Waals surface area contributed by atoms with Crippen LogP contribution in [0.15, 0.2) is 24.3 Å². The Morgan fingerprint density at radius 3 is 2.50 bits per heavy atom. The normalized spacial score (nSPS) is 14.4. The molecule has 0 amide bonds. The van der Waals surface area contributed by atoms with Gasteiger partial charge in [0, 0.05) is 12.1 Å². The Labute approximate surface area is 119 Å². The van der Waals surface area contributed by atoms with Crippen molar-refractivity contribution in [1.82, 2.24) is 4.90 Å². The van der Waals surface area contributed by atoms with Crippen molar-refractivity contribution in [3.8, 4) is 0 Å². The van der Waals surface area contributed by atoms with Gasteiger partial charge in [-0.25, -0.2) is 4.39 Å². The number of benzene rings is 1. The third-order valence-corrected chi connectivity index (χ3v) is 3.08. The third kappa shape index (κ3) is 4.58. The molecule has 0 heterocycles. The molecular formula is C15H22FNO3. The van der Waals surface area contributed by atoms with Crippen molar-refractivity contribution in [3.05, 3.63) is 35.6 Å². The van der Waals surface area contributed by atoms with Crippen LogP contribution in [-0.2, 0) is 9.53 Å². The SMILES string of the molecule is CC(C)OC(=O)C(C)N(C)CC(O)c1ccccc1F. The Bertz CT molecular complexity index is 450. The lowest BCUT2D eigenvalue weighted by Crippen LogP contribution is -2.40. The first-order valence-corrected chi connectivity index (χ1v) is 6.66. The van der Waals surface area contributed by atoms with E-state index in [4.69, 9.17) is 4.74 Å². The molecule has 0 spiro atoms. The minimum atomic E-state index is -0.990. The van der Waals surface area contributed by atoms with Crippen LogP contribution in [0.1, 0.15) is 32.4 Å². The zero-order valence-electron chi connectivity index (χ0n) is 12.3. The van der Waals surface area contributed by atoms with Crippen LogP contribution >= 0.6 is 0 Å². The number of carbonyl (C=O) groups is 1. The van der Waals surface area contributed by atoms with E-state index in [0.29, 0.717) is 0 Å². The summed E-state index contributed by atoms with van der Waals surface area (Å²) in [6.45, 7) is 5.39. The highest BCUT2D eigenvalue weighted by Crippen LogP contribution is 2.18. The molecule has 0 fully saturated rings. The summed E-state index contributed by atoms with van der Waals surface area (Å²) in [4.78, 5) is 13.4. The van der Waals surface area contributed by atoms with Crippen molar-refractivity contribution >= 4 is 5.97 Å². The van der Waals surface area contributed by atoms with Crippen LogP contribution in [-0.4, -0.2) is 41.7 Å². The Kier molecular flexibility index (Phi) is 6.10. The van der Waals surface area contributed by atoms with Gasteiger partial charge in [0.25, 0.3) is 0 Å². The summed E-state index contributed by atoms with van der Waals surface area (Å²) in [5.74, 6) is -0.811. The molecule has 0 aliphatic rings. The second-order valence-corrected chi connectivity index (χ2v) is 5.14. The maximum absolute atomic E-state index is 13.6. The van der Waals surface area contributed by atoms with Gasteiger partial charge in [0.1, 0.15) is 11.9 Å². The maximum atomic E-state index is 13.6. The third-order valence-electron chi connectivity index (χ3n) is 3.08. The van der Waals surface area contributed by atoms with E-state index in [1.807, 2.05) is 0 Å². The molecule has 0 radical (unpaired) electrons. The minimum Gasteiger partial charge on any atom is -0.462 e. The van der Waals surface area contributed by atoms with Gasteiger partial charge in [0.05, 0.1) is 12.2 Å². The van der Waals surface area contributed by atoms with Crippen LogP contribution in [0.4, 0.5) is 4.39 Å². The zero-order valence-corrected chi connectivity index (χ0v) is 12.3. The van der Waals surface area contributed by atoms with Gasteiger partial charge in [-0.05, 0) is 33.9 Å². The molecule has 20 heavy (non-hydrogen) atoms. The van der Waals surface area contributed by atoms with Crippen LogP contribution in [0.25, 0.3) is 0 Å². The summed E-state index contributed by atoms with van der Waals surface area (Å²) in [6.07, 6.45) is -1.18. The van der Waals surface area contributed by atoms with Crippen LogP contribution in [0.5, 0.6) is 0 Å². The molecule has 0 aliphatic carbocycles. The summed E-state index contributed by atoms with van der Waals surface area (Å²) in [7, 11) is 1.69. The van der Waals surface area contributed by atoms with E-state index < -0.39 is 18.0 Å². The number of esters is 1. The smallest absolute Gasteiger partial charge is 0.323 e. The van der Waals surface area contributed by atoms with E-state index in [2.05, 4.69) is 0 Å². The largest absolute Gasteiger partial charge is 0.462 e. The Balaban J connectivity index is 2.63. The highest BCUT2D eigenvalue weighted by Gasteiger charge is 2.23. The molecule has 0 saturated carbocycles. The van der Waals surface area contributed by atoms with Gasteiger partial charge in [0.2, 0.25) is 0 Å². The van der Waals surface area contributed by atoms with Gasteiger partial charge in [-0.15, -0.1) is 0 Å². The van der Waals surface area contributed by atoms with Crippen LogP contribution < -0.4 is 0 Å². The molecule has 5 heteroatoms. The number of carbonyl (C=O) groups excluding carboxylic acids is 1. The molecule has 1 N–H and O–H groups in total. The van der Waals surface area contributed by atoms with Gasteiger partial charge in [0.15, 0.2) is 0 Å². The van der Waals surface area contributed by atoms with Crippen molar-refractivity contribution in [2.24, 2.45) is 0 Å². The summed E-state index contributed by atoms with van der Waals surface area (Å²) < 4.78 is 18.7. The van der Waals surface area contributed by atoms with Crippen molar-refractivity contribution in [3.63, 3.8) is 0 Å². The van der Waals surface area contributed by atoms with Crippen molar-refractivity contribution in [2.75, 3.05) is 13.6 Å². The minimum absolute atomic E-state index is 0.148. The van der Waals surface area contributed by atoms with Crippen LogP contribution in [0.3, 0.4) is 0 Å². The molecule has 4 nitrogen and oxygen atoms in total. The quantitative estimate of drug-likeness (QED) is 0.813.